The second kappa shape index (κ2) is 9.91. The summed E-state index contributed by atoms with van der Waals surface area (Å²) >= 11 is 8.00. The van der Waals surface area contributed by atoms with Crippen LogP contribution in [0.1, 0.15) is 63.9 Å². The molecule has 1 aromatic carbocycles. The van der Waals surface area contributed by atoms with E-state index in [1.807, 2.05) is 6.07 Å². The van der Waals surface area contributed by atoms with E-state index in [0.717, 1.165) is 4.90 Å². The van der Waals surface area contributed by atoms with E-state index in [9.17, 15) is 0 Å². The van der Waals surface area contributed by atoms with Gasteiger partial charge in [0.05, 0.1) is 0 Å². The van der Waals surface area contributed by atoms with Crippen molar-refractivity contribution in [3.63, 3.8) is 0 Å². The topological polar surface area (TPSA) is 0 Å². The van der Waals surface area contributed by atoms with E-state index in [-0.39, 0.29) is 0 Å². The van der Waals surface area contributed by atoms with E-state index in [4.69, 9.17) is 0 Å². The predicted molar refractivity (Wildman–Crippen MR) is 87.7 cm³/mol. The molecule has 0 unspecified atom stereocenters. The van der Waals surface area contributed by atoms with Crippen molar-refractivity contribution in [3.8, 4) is 0 Å². The minimum Gasteiger partial charge on any atom is -0.143 e. The molecule has 0 heterocycles. The maximum Gasteiger partial charge on any atom is 0.0208 e. The molecule has 0 saturated carbocycles. The molecule has 0 N–H and O–H groups in total. The lowest BCUT2D eigenvalue weighted by Gasteiger charge is -2.05. The molecule has 102 valence electrons. The third-order valence-corrected chi connectivity index (χ3v) is 4.38. The lowest BCUT2D eigenvalue weighted by Crippen LogP contribution is -1.88. The van der Waals surface area contributed by atoms with Gasteiger partial charge in [-0.3, -0.25) is 0 Å². The van der Waals surface area contributed by atoms with E-state index in [1.165, 1.54) is 67.8 Å². The van der Waals surface area contributed by atoms with Crippen LogP contribution in [0.25, 0.3) is 0 Å². The summed E-state index contributed by atoms with van der Waals surface area (Å²) in [6, 6.07) is 6.31. The smallest absolute Gasteiger partial charge is 0.0208 e. The van der Waals surface area contributed by atoms with Crippen molar-refractivity contribution in [3.05, 3.63) is 28.2 Å². The van der Waals surface area contributed by atoms with Crippen molar-refractivity contribution in [2.24, 2.45) is 0 Å². The van der Waals surface area contributed by atoms with Gasteiger partial charge in [0.2, 0.25) is 0 Å². The molecule has 0 aliphatic heterocycles. The van der Waals surface area contributed by atoms with Crippen LogP contribution in [0, 0.1) is 0 Å². The zero-order valence-corrected chi connectivity index (χ0v) is 13.9. The molecule has 1 aromatic rings. The minimum atomic E-state index is 1.06. The van der Waals surface area contributed by atoms with Gasteiger partial charge in [0.15, 0.2) is 0 Å². The average molecular weight is 329 g/mol. The molecule has 18 heavy (non-hydrogen) atoms. The molecule has 0 radical (unpaired) electrons. The van der Waals surface area contributed by atoms with Crippen molar-refractivity contribution in [2.45, 2.75) is 69.6 Å². The molecule has 0 amide bonds. The fourth-order valence-electron chi connectivity index (χ4n) is 2.20. The average Bonchev–Trinajstić information content (AvgIpc) is 2.36. The van der Waals surface area contributed by atoms with Crippen LogP contribution in [0.2, 0.25) is 0 Å². The van der Waals surface area contributed by atoms with Crippen molar-refractivity contribution in [1.29, 1.82) is 0 Å². The lowest BCUT2D eigenvalue weighted by molar-refractivity contribution is 0.575. The van der Waals surface area contributed by atoms with E-state index in [0.29, 0.717) is 0 Å². The zero-order valence-electron chi connectivity index (χ0n) is 11.4. The van der Waals surface area contributed by atoms with Gasteiger partial charge < -0.3 is 0 Å². The quantitative estimate of drug-likeness (QED) is 0.392. The highest BCUT2D eigenvalue weighted by atomic mass is 79.9. The van der Waals surface area contributed by atoms with Crippen LogP contribution < -0.4 is 0 Å². The fourth-order valence-corrected chi connectivity index (χ4v) is 2.88. The number of hydrogen-bond acceptors (Lipinski definition) is 1. The van der Waals surface area contributed by atoms with Crippen LogP contribution in [-0.4, -0.2) is 0 Å². The van der Waals surface area contributed by atoms with Crippen molar-refractivity contribution < 1.29 is 0 Å². The number of hydrogen-bond donors (Lipinski definition) is 1. The largest absolute Gasteiger partial charge is 0.143 e. The molecule has 0 aromatic heterocycles. The Balaban J connectivity index is 2.09. The number of rotatable bonds is 9. The first kappa shape index (κ1) is 16.1. The zero-order chi connectivity index (χ0) is 13.2. The Morgan fingerprint density at radius 2 is 1.56 bits per heavy atom. The molecule has 0 bridgehead atoms. The van der Waals surface area contributed by atoms with Gasteiger partial charge in [-0.15, -0.1) is 12.6 Å². The van der Waals surface area contributed by atoms with Gasteiger partial charge in [0.25, 0.3) is 0 Å². The summed E-state index contributed by atoms with van der Waals surface area (Å²) in [6.45, 7) is 2.27. The molecule has 0 atom stereocenters. The Hall–Kier alpha value is 0.0500. The van der Waals surface area contributed by atoms with Crippen LogP contribution in [0.15, 0.2) is 27.6 Å². The van der Waals surface area contributed by atoms with Crippen LogP contribution in [-0.2, 0) is 6.42 Å². The van der Waals surface area contributed by atoms with Crippen LogP contribution in [0.3, 0.4) is 0 Å². The Kier molecular flexibility index (Phi) is 8.87. The highest BCUT2D eigenvalue weighted by Gasteiger charge is 2.00. The van der Waals surface area contributed by atoms with Crippen LogP contribution in [0.4, 0.5) is 0 Å². The van der Waals surface area contributed by atoms with Crippen LogP contribution >= 0.6 is 28.6 Å². The first-order valence-corrected chi connectivity index (χ1v) is 8.45. The van der Waals surface area contributed by atoms with Crippen molar-refractivity contribution in [2.75, 3.05) is 0 Å². The third-order valence-electron chi connectivity index (χ3n) is 3.33. The first-order chi connectivity index (χ1) is 8.74. The molecule has 0 nitrogen and oxygen atoms in total. The standard InChI is InChI=1S/C16H25BrS/c1-2-3-4-5-6-7-8-9-10-14-13-15(18)11-12-16(14)17/h11-13,18H,2-10H2,1H3. The van der Waals surface area contributed by atoms with E-state index in [1.54, 1.807) is 0 Å². The number of thiol groups is 1. The van der Waals surface area contributed by atoms with Gasteiger partial charge in [-0.2, -0.15) is 0 Å². The van der Waals surface area contributed by atoms with Gasteiger partial charge in [-0.1, -0.05) is 67.8 Å². The highest BCUT2D eigenvalue weighted by molar-refractivity contribution is 9.10. The number of benzene rings is 1. The third kappa shape index (κ3) is 6.84. The molecule has 0 aliphatic rings. The first-order valence-electron chi connectivity index (χ1n) is 7.21. The van der Waals surface area contributed by atoms with Crippen LogP contribution in [0.5, 0.6) is 0 Å². The summed E-state index contributed by atoms with van der Waals surface area (Å²) in [7, 11) is 0. The lowest BCUT2D eigenvalue weighted by atomic mass is 10.0. The molecule has 0 aliphatic carbocycles. The van der Waals surface area contributed by atoms with Crippen molar-refractivity contribution in [1.82, 2.24) is 0 Å². The van der Waals surface area contributed by atoms with Gasteiger partial charge in [0.1, 0.15) is 0 Å². The Morgan fingerprint density at radius 3 is 2.22 bits per heavy atom. The summed E-state index contributed by atoms with van der Waals surface area (Å²) in [5, 5.41) is 0. The molecule has 0 fully saturated rings. The number of aryl methyl sites for hydroxylation is 1. The number of halogens is 1. The second-order valence-corrected chi connectivity index (χ2v) is 6.37. The van der Waals surface area contributed by atoms with Crippen molar-refractivity contribution >= 4 is 28.6 Å². The van der Waals surface area contributed by atoms with E-state index in [2.05, 4.69) is 47.6 Å². The van der Waals surface area contributed by atoms with Gasteiger partial charge in [-0.25, -0.2) is 0 Å². The number of unbranched alkanes of at least 4 members (excludes halogenated alkanes) is 7. The molecule has 1 rings (SSSR count). The SMILES string of the molecule is CCCCCCCCCCc1cc(S)ccc1Br. The maximum absolute atomic E-state index is 4.39. The molecule has 0 saturated heterocycles. The van der Waals surface area contributed by atoms with E-state index >= 15 is 0 Å². The molecular weight excluding hydrogens is 304 g/mol. The molecule has 0 spiro atoms. The Bertz CT molecular complexity index is 336. The molecular formula is C16H25BrS. The Labute approximate surface area is 126 Å². The van der Waals surface area contributed by atoms with Gasteiger partial charge >= 0.3 is 0 Å². The highest BCUT2D eigenvalue weighted by Crippen LogP contribution is 2.22. The summed E-state index contributed by atoms with van der Waals surface area (Å²) < 4.78 is 1.23. The summed E-state index contributed by atoms with van der Waals surface area (Å²) in [4.78, 5) is 1.06. The summed E-state index contributed by atoms with van der Waals surface area (Å²) in [5.41, 5.74) is 1.40. The summed E-state index contributed by atoms with van der Waals surface area (Å²) in [6.07, 6.45) is 12.2. The fraction of sp³-hybridized carbons (Fsp3) is 0.625. The van der Waals surface area contributed by atoms with Gasteiger partial charge in [0, 0.05) is 9.37 Å². The van der Waals surface area contributed by atoms with Gasteiger partial charge in [-0.05, 0) is 36.6 Å². The second-order valence-electron chi connectivity index (χ2n) is 5.00. The summed E-state index contributed by atoms with van der Waals surface area (Å²) in [5.74, 6) is 0. The maximum atomic E-state index is 4.39. The minimum absolute atomic E-state index is 1.06. The van der Waals surface area contributed by atoms with E-state index < -0.39 is 0 Å². The Morgan fingerprint density at radius 1 is 0.944 bits per heavy atom. The monoisotopic (exact) mass is 328 g/mol. The molecule has 2 heteroatoms. The normalized spacial score (nSPS) is 10.8. The predicted octanol–water partition coefficient (Wildman–Crippen LogP) is 6.42.